The van der Waals surface area contributed by atoms with E-state index in [1.807, 2.05) is 0 Å². The Kier molecular flexibility index (Phi) is 46.9. The van der Waals surface area contributed by atoms with Crippen LogP contribution in [0.3, 0.4) is 0 Å². The first-order valence-electron chi connectivity index (χ1n) is 25.4. The Hall–Kier alpha value is -3.15. The first-order valence-corrected chi connectivity index (χ1v) is 25.4. The fraction of sp³-hybridized carbons (Fsp3) is 0.727. The van der Waals surface area contributed by atoms with Crippen LogP contribution in [0.1, 0.15) is 239 Å². The zero-order valence-electron chi connectivity index (χ0n) is 39.9. The van der Waals surface area contributed by atoms with Gasteiger partial charge in [0.05, 0.1) is 0 Å². The summed E-state index contributed by atoms with van der Waals surface area (Å²) in [6, 6.07) is 0. The SMILES string of the molecule is CC/C=C\C/C=C\C/C=C\C/C=C\CCCCC(=O)OC[C@H](COC(=O)CCCCCCCCC/C=C\CCCCCCCC)OC(=O)CCCCCCC/C=C\CCCC. The van der Waals surface area contributed by atoms with Gasteiger partial charge in [-0.15, -0.1) is 0 Å². The third-order valence-electron chi connectivity index (χ3n) is 10.7. The largest absolute Gasteiger partial charge is 0.462 e. The molecule has 1 atom stereocenters. The minimum Gasteiger partial charge on any atom is -0.462 e. The molecule has 0 aromatic carbocycles. The number of ether oxygens (including phenoxy) is 3. The molecule has 0 aliphatic rings. The van der Waals surface area contributed by atoms with Gasteiger partial charge in [0.15, 0.2) is 6.10 Å². The molecule has 6 nitrogen and oxygen atoms in total. The van der Waals surface area contributed by atoms with Gasteiger partial charge in [-0.3, -0.25) is 14.4 Å². The van der Waals surface area contributed by atoms with Gasteiger partial charge in [0.1, 0.15) is 13.2 Å². The summed E-state index contributed by atoms with van der Waals surface area (Å²) in [5.41, 5.74) is 0. The maximum absolute atomic E-state index is 12.7. The van der Waals surface area contributed by atoms with Crippen molar-refractivity contribution in [1.82, 2.24) is 0 Å². The van der Waals surface area contributed by atoms with Gasteiger partial charge in [0.2, 0.25) is 0 Å². The van der Waals surface area contributed by atoms with Crippen molar-refractivity contribution in [2.45, 2.75) is 245 Å². The topological polar surface area (TPSA) is 78.9 Å². The van der Waals surface area contributed by atoms with E-state index in [-0.39, 0.29) is 31.1 Å². The van der Waals surface area contributed by atoms with Crippen LogP contribution in [0.15, 0.2) is 72.9 Å². The molecule has 0 saturated carbocycles. The third-order valence-corrected chi connectivity index (χ3v) is 10.7. The highest BCUT2D eigenvalue weighted by Gasteiger charge is 2.19. The van der Waals surface area contributed by atoms with Crippen LogP contribution in [0, 0.1) is 0 Å². The average Bonchev–Trinajstić information content (AvgIpc) is 3.26. The quantitative estimate of drug-likeness (QED) is 0.0263. The summed E-state index contributed by atoms with van der Waals surface area (Å²) >= 11 is 0. The molecule has 0 fully saturated rings. The van der Waals surface area contributed by atoms with Crippen LogP contribution < -0.4 is 0 Å². The van der Waals surface area contributed by atoms with Gasteiger partial charge in [0, 0.05) is 19.3 Å². The lowest BCUT2D eigenvalue weighted by Crippen LogP contribution is -2.30. The summed E-state index contributed by atoms with van der Waals surface area (Å²) in [7, 11) is 0. The molecular weight excluding hydrogens is 757 g/mol. The maximum atomic E-state index is 12.7. The fourth-order valence-electron chi connectivity index (χ4n) is 6.82. The molecule has 0 radical (unpaired) electrons. The lowest BCUT2D eigenvalue weighted by molar-refractivity contribution is -0.167. The van der Waals surface area contributed by atoms with Gasteiger partial charge in [-0.1, -0.05) is 190 Å². The summed E-state index contributed by atoms with van der Waals surface area (Å²) in [5, 5.41) is 0. The predicted octanol–water partition coefficient (Wildman–Crippen LogP) is 16.6. The molecule has 0 unspecified atom stereocenters. The van der Waals surface area contributed by atoms with Gasteiger partial charge in [-0.2, -0.15) is 0 Å². The van der Waals surface area contributed by atoms with Gasteiger partial charge in [0.25, 0.3) is 0 Å². The maximum Gasteiger partial charge on any atom is 0.306 e. The molecule has 0 N–H and O–H groups in total. The summed E-state index contributed by atoms with van der Waals surface area (Å²) < 4.78 is 16.7. The van der Waals surface area contributed by atoms with Crippen molar-refractivity contribution in [2.75, 3.05) is 13.2 Å². The second-order valence-electron chi connectivity index (χ2n) is 16.7. The van der Waals surface area contributed by atoms with Crippen LogP contribution >= 0.6 is 0 Å². The van der Waals surface area contributed by atoms with Crippen LogP contribution in [-0.2, 0) is 28.6 Å². The molecular formula is C55H94O6. The van der Waals surface area contributed by atoms with Gasteiger partial charge in [-0.25, -0.2) is 0 Å². The Morgan fingerprint density at radius 1 is 0.344 bits per heavy atom. The van der Waals surface area contributed by atoms with Crippen molar-refractivity contribution in [1.29, 1.82) is 0 Å². The molecule has 6 heteroatoms. The highest BCUT2D eigenvalue weighted by Crippen LogP contribution is 2.14. The van der Waals surface area contributed by atoms with Gasteiger partial charge >= 0.3 is 17.9 Å². The molecule has 61 heavy (non-hydrogen) atoms. The van der Waals surface area contributed by atoms with E-state index in [9.17, 15) is 14.4 Å². The van der Waals surface area contributed by atoms with E-state index in [4.69, 9.17) is 14.2 Å². The smallest absolute Gasteiger partial charge is 0.306 e. The van der Waals surface area contributed by atoms with Crippen molar-refractivity contribution in [3.05, 3.63) is 72.9 Å². The zero-order valence-corrected chi connectivity index (χ0v) is 39.9. The minimum atomic E-state index is -0.797. The molecule has 0 aliphatic carbocycles. The molecule has 0 spiro atoms. The number of carbonyl (C=O) groups excluding carboxylic acids is 3. The average molecular weight is 851 g/mol. The Morgan fingerprint density at radius 2 is 0.656 bits per heavy atom. The van der Waals surface area contributed by atoms with E-state index < -0.39 is 6.10 Å². The van der Waals surface area contributed by atoms with Gasteiger partial charge in [-0.05, 0) is 103 Å². The molecule has 0 aromatic rings. The van der Waals surface area contributed by atoms with Crippen molar-refractivity contribution in [3.8, 4) is 0 Å². The number of hydrogen-bond donors (Lipinski definition) is 0. The first-order chi connectivity index (χ1) is 30.0. The van der Waals surface area contributed by atoms with Crippen molar-refractivity contribution >= 4 is 17.9 Å². The monoisotopic (exact) mass is 851 g/mol. The summed E-state index contributed by atoms with van der Waals surface area (Å²) in [6.45, 7) is 6.43. The Morgan fingerprint density at radius 3 is 1.10 bits per heavy atom. The van der Waals surface area contributed by atoms with Crippen molar-refractivity contribution < 1.29 is 28.6 Å². The number of rotatable bonds is 45. The minimum absolute atomic E-state index is 0.0944. The van der Waals surface area contributed by atoms with E-state index >= 15 is 0 Å². The molecule has 0 amide bonds. The Balaban J connectivity index is 4.42. The van der Waals surface area contributed by atoms with E-state index in [0.29, 0.717) is 19.3 Å². The lowest BCUT2D eigenvalue weighted by Gasteiger charge is -2.18. The highest BCUT2D eigenvalue weighted by molar-refractivity contribution is 5.71. The number of carbonyl (C=O) groups is 3. The highest BCUT2D eigenvalue weighted by atomic mass is 16.6. The zero-order chi connectivity index (χ0) is 44.4. The third kappa shape index (κ3) is 47.7. The predicted molar refractivity (Wildman–Crippen MR) is 261 cm³/mol. The summed E-state index contributed by atoms with van der Waals surface area (Å²) in [5.74, 6) is -0.952. The van der Waals surface area contributed by atoms with Crippen LogP contribution in [0.25, 0.3) is 0 Å². The van der Waals surface area contributed by atoms with Crippen molar-refractivity contribution in [2.24, 2.45) is 0 Å². The van der Waals surface area contributed by atoms with E-state index in [1.165, 1.54) is 103 Å². The van der Waals surface area contributed by atoms with E-state index in [0.717, 1.165) is 96.3 Å². The summed E-state index contributed by atoms with van der Waals surface area (Å²) in [4.78, 5) is 37.9. The summed E-state index contributed by atoms with van der Waals surface area (Å²) in [6.07, 6.45) is 61.7. The normalized spacial score (nSPS) is 12.6. The van der Waals surface area contributed by atoms with Crippen LogP contribution in [-0.4, -0.2) is 37.2 Å². The Labute approximate surface area is 376 Å². The fourth-order valence-corrected chi connectivity index (χ4v) is 6.82. The molecule has 0 aromatic heterocycles. The van der Waals surface area contributed by atoms with Gasteiger partial charge < -0.3 is 14.2 Å². The molecule has 0 rings (SSSR count). The van der Waals surface area contributed by atoms with Crippen molar-refractivity contribution in [3.63, 3.8) is 0 Å². The number of allylic oxidation sites excluding steroid dienone is 12. The lowest BCUT2D eigenvalue weighted by atomic mass is 10.1. The van der Waals surface area contributed by atoms with E-state index in [1.54, 1.807) is 0 Å². The standard InChI is InChI=1S/C55H94O6/c1-4-7-10-13-16-19-22-24-26-27-29-31-34-36-39-42-45-48-54(57)60-51-52(61-55(58)49-46-43-40-37-32-21-18-15-12-9-6-3)50-59-53(56)47-44-41-38-35-33-30-28-25-23-20-17-14-11-8-5-2/h8,11,15,17-18,20,24-26,28,33,35,52H,4-7,9-10,12-14,16,19,21-23,27,29-32,34,36-51H2,1-3H3/b11-8-,18-15-,20-17-,26-24-,28-25-,35-33-/t52-/m1/s1. The second kappa shape index (κ2) is 49.5. The number of unbranched alkanes of at least 4 members (excludes halogenated alkanes) is 22. The second-order valence-corrected chi connectivity index (χ2v) is 16.7. The van der Waals surface area contributed by atoms with Crippen LogP contribution in [0.5, 0.6) is 0 Å². The van der Waals surface area contributed by atoms with Crippen LogP contribution in [0.2, 0.25) is 0 Å². The molecule has 350 valence electrons. The molecule has 0 heterocycles. The van der Waals surface area contributed by atoms with E-state index in [2.05, 4.69) is 93.7 Å². The molecule has 0 bridgehead atoms. The number of esters is 3. The van der Waals surface area contributed by atoms with Crippen LogP contribution in [0.4, 0.5) is 0 Å². The Bertz CT molecular complexity index is 1160. The molecule has 0 aliphatic heterocycles. The number of hydrogen-bond acceptors (Lipinski definition) is 6. The first kappa shape index (κ1) is 57.9. The molecule has 0 saturated heterocycles.